The van der Waals surface area contributed by atoms with E-state index in [-0.39, 0.29) is 17.3 Å². The molecule has 2 aliphatic rings. The van der Waals surface area contributed by atoms with Gasteiger partial charge in [0.15, 0.2) is 5.78 Å². The highest BCUT2D eigenvalue weighted by atomic mass is 16.2. The summed E-state index contributed by atoms with van der Waals surface area (Å²) in [4.78, 5) is 41.5. The van der Waals surface area contributed by atoms with Gasteiger partial charge in [0.2, 0.25) is 0 Å². The molecule has 2 aliphatic heterocycles. The van der Waals surface area contributed by atoms with Crippen molar-refractivity contribution in [2.24, 2.45) is 5.92 Å². The van der Waals surface area contributed by atoms with Crippen LogP contribution in [0, 0.1) is 12.8 Å². The standard InChI is InChI=1S/C23H28N4O3/c1-14-18(15(2)28)12-19(22(29)25-14)23(30)27-10-8-17(9-11-27)21-20(13-24-26-21)16-6-4-3-5-7-16/h3-7,12,17,20-21,24,26H,8-11,13H2,1-2H3,(H,25,29). The van der Waals surface area contributed by atoms with Gasteiger partial charge in [-0.15, -0.1) is 0 Å². The fourth-order valence-electron chi connectivity index (χ4n) is 4.77. The Hall–Kier alpha value is -2.77. The summed E-state index contributed by atoms with van der Waals surface area (Å²) in [5.41, 5.74) is 8.56. The minimum absolute atomic E-state index is 0.0482. The van der Waals surface area contributed by atoms with E-state index in [2.05, 4.69) is 40.1 Å². The van der Waals surface area contributed by atoms with Gasteiger partial charge in [0, 0.05) is 42.9 Å². The fourth-order valence-corrected chi connectivity index (χ4v) is 4.77. The third-order valence-electron chi connectivity index (χ3n) is 6.43. The zero-order valence-electron chi connectivity index (χ0n) is 17.4. The first kappa shape index (κ1) is 20.5. The van der Waals surface area contributed by atoms with Gasteiger partial charge >= 0.3 is 0 Å². The molecule has 1 aromatic heterocycles. The number of hydrazine groups is 1. The third-order valence-corrected chi connectivity index (χ3v) is 6.43. The second kappa shape index (κ2) is 8.53. The molecule has 2 aromatic rings. The Morgan fingerprint density at radius 3 is 2.43 bits per heavy atom. The van der Waals surface area contributed by atoms with E-state index in [0.29, 0.717) is 42.2 Å². The lowest BCUT2D eigenvalue weighted by molar-refractivity contribution is 0.0668. The van der Waals surface area contributed by atoms with E-state index in [1.165, 1.54) is 18.6 Å². The summed E-state index contributed by atoms with van der Waals surface area (Å²) in [6, 6.07) is 12.3. The lowest BCUT2D eigenvalue weighted by Crippen LogP contribution is -2.46. The molecule has 2 atom stereocenters. The maximum Gasteiger partial charge on any atom is 0.261 e. The zero-order chi connectivity index (χ0) is 21.3. The molecule has 0 radical (unpaired) electrons. The van der Waals surface area contributed by atoms with E-state index < -0.39 is 5.56 Å². The van der Waals surface area contributed by atoms with Crippen molar-refractivity contribution < 1.29 is 9.59 Å². The average Bonchev–Trinajstić information content (AvgIpc) is 3.24. The highest BCUT2D eigenvalue weighted by Crippen LogP contribution is 2.32. The molecule has 0 bridgehead atoms. The van der Waals surface area contributed by atoms with E-state index in [4.69, 9.17) is 0 Å². The first-order chi connectivity index (χ1) is 14.5. The molecular formula is C23H28N4O3. The number of amides is 1. The molecule has 2 unspecified atom stereocenters. The lowest BCUT2D eigenvalue weighted by Gasteiger charge is -2.36. The maximum atomic E-state index is 13.0. The van der Waals surface area contributed by atoms with Crippen molar-refractivity contribution in [3.8, 4) is 0 Å². The van der Waals surface area contributed by atoms with Gasteiger partial charge in [0.05, 0.1) is 0 Å². The Morgan fingerprint density at radius 1 is 1.07 bits per heavy atom. The SMILES string of the molecule is CC(=O)c1cc(C(=O)N2CCC(C3NNCC3c3ccccc3)CC2)c(=O)[nH]c1C. The molecule has 1 amide bonds. The number of hydrogen-bond acceptors (Lipinski definition) is 5. The zero-order valence-corrected chi connectivity index (χ0v) is 17.4. The van der Waals surface area contributed by atoms with Gasteiger partial charge in [0.1, 0.15) is 5.56 Å². The number of pyridine rings is 1. The van der Waals surface area contributed by atoms with Gasteiger partial charge in [-0.3, -0.25) is 25.2 Å². The maximum absolute atomic E-state index is 13.0. The topological polar surface area (TPSA) is 94.3 Å². The number of aryl methyl sites for hydroxylation is 1. The molecule has 0 aliphatic carbocycles. The number of nitrogens with one attached hydrogen (secondary N) is 3. The van der Waals surface area contributed by atoms with Gasteiger partial charge in [-0.2, -0.15) is 0 Å². The van der Waals surface area contributed by atoms with Crippen LogP contribution in [-0.2, 0) is 0 Å². The number of hydrogen-bond donors (Lipinski definition) is 3. The van der Waals surface area contributed by atoms with Crippen LogP contribution in [0.15, 0.2) is 41.2 Å². The Kier molecular flexibility index (Phi) is 5.83. The van der Waals surface area contributed by atoms with Crippen LogP contribution >= 0.6 is 0 Å². The van der Waals surface area contributed by atoms with E-state index >= 15 is 0 Å². The van der Waals surface area contributed by atoms with Crippen molar-refractivity contribution in [2.75, 3.05) is 19.6 Å². The quantitative estimate of drug-likeness (QED) is 0.673. The summed E-state index contributed by atoms with van der Waals surface area (Å²) in [5, 5.41) is 0. The Labute approximate surface area is 175 Å². The van der Waals surface area contributed by atoms with Gasteiger partial charge in [-0.05, 0) is 44.2 Å². The van der Waals surface area contributed by atoms with Crippen molar-refractivity contribution >= 4 is 11.7 Å². The molecule has 3 N–H and O–H groups in total. The summed E-state index contributed by atoms with van der Waals surface area (Å²) in [7, 11) is 0. The Bertz CT molecular complexity index is 993. The van der Waals surface area contributed by atoms with E-state index in [9.17, 15) is 14.4 Å². The van der Waals surface area contributed by atoms with Crippen LogP contribution in [0.4, 0.5) is 0 Å². The average molecular weight is 409 g/mol. The van der Waals surface area contributed by atoms with Crippen LogP contribution in [0.25, 0.3) is 0 Å². The summed E-state index contributed by atoms with van der Waals surface area (Å²) in [6.45, 7) is 5.20. The summed E-state index contributed by atoms with van der Waals surface area (Å²) in [5.74, 6) is 0.382. The highest BCUT2D eigenvalue weighted by molar-refractivity contribution is 5.99. The lowest BCUT2D eigenvalue weighted by atomic mass is 9.80. The van der Waals surface area contributed by atoms with Crippen LogP contribution in [0.1, 0.15) is 57.7 Å². The van der Waals surface area contributed by atoms with Crippen LogP contribution < -0.4 is 16.4 Å². The number of nitrogens with zero attached hydrogens (tertiary/aromatic N) is 1. The molecule has 0 spiro atoms. The van der Waals surface area contributed by atoms with Crippen LogP contribution in [-0.4, -0.2) is 47.3 Å². The predicted molar refractivity (Wildman–Crippen MR) is 115 cm³/mol. The number of rotatable bonds is 4. The number of carbonyl (C=O) groups excluding carboxylic acids is 2. The molecule has 1 aromatic carbocycles. The number of H-pyrrole nitrogens is 1. The molecule has 2 saturated heterocycles. The van der Waals surface area contributed by atoms with Gasteiger partial charge < -0.3 is 9.88 Å². The second-order valence-corrected chi connectivity index (χ2v) is 8.30. The molecule has 7 nitrogen and oxygen atoms in total. The highest BCUT2D eigenvalue weighted by Gasteiger charge is 2.37. The van der Waals surface area contributed by atoms with Gasteiger partial charge in [-0.1, -0.05) is 30.3 Å². The second-order valence-electron chi connectivity index (χ2n) is 8.30. The van der Waals surface area contributed by atoms with Crippen LogP contribution in [0.3, 0.4) is 0 Å². The van der Waals surface area contributed by atoms with E-state index in [1.54, 1.807) is 11.8 Å². The van der Waals surface area contributed by atoms with E-state index in [0.717, 1.165) is 19.4 Å². The smallest absolute Gasteiger partial charge is 0.261 e. The fraction of sp³-hybridized carbons (Fsp3) is 0.435. The minimum Gasteiger partial charge on any atom is -0.338 e. The molecule has 30 heavy (non-hydrogen) atoms. The monoisotopic (exact) mass is 408 g/mol. The molecule has 158 valence electrons. The van der Waals surface area contributed by atoms with Crippen LogP contribution in [0.5, 0.6) is 0 Å². The molecule has 2 fully saturated rings. The Balaban J connectivity index is 1.45. The molecule has 3 heterocycles. The van der Waals surface area contributed by atoms with Crippen molar-refractivity contribution in [3.63, 3.8) is 0 Å². The number of carbonyl (C=O) groups is 2. The summed E-state index contributed by atoms with van der Waals surface area (Å²) >= 11 is 0. The minimum atomic E-state index is -0.435. The van der Waals surface area contributed by atoms with Crippen molar-refractivity contribution in [2.45, 2.75) is 38.6 Å². The van der Waals surface area contributed by atoms with Gasteiger partial charge in [0.25, 0.3) is 11.5 Å². The van der Waals surface area contributed by atoms with E-state index in [1.807, 2.05) is 6.07 Å². The molecule has 4 rings (SSSR count). The summed E-state index contributed by atoms with van der Waals surface area (Å²) in [6.07, 6.45) is 1.75. The Morgan fingerprint density at radius 2 is 1.77 bits per heavy atom. The number of benzene rings is 1. The number of aromatic amines is 1. The number of piperidine rings is 1. The van der Waals surface area contributed by atoms with Crippen molar-refractivity contribution in [3.05, 3.63) is 69.1 Å². The van der Waals surface area contributed by atoms with Crippen LogP contribution in [0.2, 0.25) is 0 Å². The number of ketones is 1. The normalized spacial score (nSPS) is 22.3. The first-order valence-corrected chi connectivity index (χ1v) is 10.5. The number of Topliss-reactive ketones (excluding diaryl/α,β-unsaturated/α-hetero) is 1. The van der Waals surface area contributed by atoms with Crippen molar-refractivity contribution in [1.82, 2.24) is 20.7 Å². The number of likely N-dealkylation sites (tertiary alicyclic amines) is 1. The van der Waals surface area contributed by atoms with Gasteiger partial charge in [-0.25, -0.2) is 0 Å². The number of aromatic nitrogens is 1. The summed E-state index contributed by atoms with van der Waals surface area (Å²) < 4.78 is 0. The predicted octanol–water partition coefficient (Wildman–Crippen LogP) is 2.00. The molecule has 7 heteroatoms. The molecule has 0 saturated carbocycles. The first-order valence-electron chi connectivity index (χ1n) is 10.5. The largest absolute Gasteiger partial charge is 0.338 e. The molecular weight excluding hydrogens is 380 g/mol. The van der Waals surface area contributed by atoms with Crippen molar-refractivity contribution in [1.29, 1.82) is 0 Å². The third kappa shape index (κ3) is 3.95.